The van der Waals surface area contributed by atoms with Gasteiger partial charge >= 0.3 is 0 Å². The number of carbonyl (C=O) groups excluding carboxylic acids is 1. The van der Waals surface area contributed by atoms with E-state index in [4.69, 9.17) is 15.2 Å². The van der Waals surface area contributed by atoms with Crippen molar-refractivity contribution >= 4 is 34.0 Å². The number of benzene rings is 1. The van der Waals surface area contributed by atoms with E-state index < -0.39 is 5.92 Å². The summed E-state index contributed by atoms with van der Waals surface area (Å²) in [5, 5.41) is 19.3. The van der Waals surface area contributed by atoms with Gasteiger partial charge in [0.15, 0.2) is 10.1 Å². The maximum Gasteiger partial charge on any atom is 0.219 e. The molecule has 2 heterocycles. The molecule has 2 aliphatic rings. The molecule has 1 unspecified atom stereocenters. The van der Waals surface area contributed by atoms with E-state index in [2.05, 4.69) is 16.3 Å². The summed E-state index contributed by atoms with van der Waals surface area (Å²) in [6.07, 6.45) is 1.78. The number of carbonyl (C=O) groups is 1. The van der Waals surface area contributed by atoms with E-state index in [9.17, 15) is 10.1 Å². The number of ether oxygens (including phenoxy) is 2. The summed E-state index contributed by atoms with van der Waals surface area (Å²) in [4.78, 5) is 15.0. The van der Waals surface area contributed by atoms with Gasteiger partial charge < -0.3 is 15.2 Å². The summed E-state index contributed by atoms with van der Waals surface area (Å²) in [6.45, 7) is 2.04. The van der Waals surface area contributed by atoms with Gasteiger partial charge in [0.05, 0.1) is 31.8 Å². The molecule has 1 aromatic carbocycles. The van der Waals surface area contributed by atoms with Crippen LogP contribution in [0, 0.1) is 11.3 Å². The zero-order valence-corrected chi connectivity index (χ0v) is 19.7. The summed E-state index contributed by atoms with van der Waals surface area (Å²) < 4.78 is 11.8. The summed E-state index contributed by atoms with van der Waals surface area (Å²) in [5.74, 6) is 1.66. The highest BCUT2D eigenvalue weighted by Crippen LogP contribution is 2.49. The molecule has 4 rings (SSSR count). The molecule has 2 N–H and O–H groups in total. The van der Waals surface area contributed by atoms with Crippen LogP contribution in [0.5, 0.6) is 11.5 Å². The fourth-order valence-electron chi connectivity index (χ4n) is 4.16. The zero-order valence-electron chi connectivity index (χ0n) is 18.0. The van der Waals surface area contributed by atoms with Crippen LogP contribution in [0.25, 0.3) is 0 Å². The molecule has 0 spiro atoms. The van der Waals surface area contributed by atoms with Crippen molar-refractivity contribution < 1.29 is 14.3 Å². The Kier molecular flexibility index (Phi) is 6.39. The number of nitrogens with two attached hydrogens (primary N) is 1. The predicted molar refractivity (Wildman–Crippen MR) is 124 cm³/mol. The molecule has 1 aliphatic carbocycles. The highest BCUT2D eigenvalue weighted by molar-refractivity contribution is 8.01. The van der Waals surface area contributed by atoms with Gasteiger partial charge in [-0.2, -0.15) is 5.26 Å². The number of nitrogens with zero attached hydrogens (tertiary/aromatic N) is 4. The van der Waals surface area contributed by atoms with Crippen molar-refractivity contribution in [2.75, 3.05) is 24.9 Å². The Balaban J connectivity index is 1.95. The molecule has 1 aromatic heterocycles. The number of rotatable bonds is 6. The predicted octanol–water partition coefficient (Wildman–Crippen LogP) is 3.97. The van der Waals surface area contributed by atoms with Crippen LogP contribution in [-0.2, 0) is 4.79 Å². The van der Waals surface area contributed by atoms with Crippen LogP contribution in [0.4, 0.5) is 5.13 Å². The van der Waals surface area contributed by atoms with Crippen molar-refractivity contribution in [3.8, 4) is 17.6 Å². The van der Waals surface area contributed by atoms with Crippen LogP contribution < -0.4 is 20.1 Å². The van der Waals surface area contributed by atoms with Gasteiger partial charge in [-0.3, -0.25) is 9.69 Å². The van der Waals surface area contributed by atoms with Crippen LogP contribution in [0.1, 0.15) is 37.7 Å². The Bertz CT molecular complexity index is 1160. The number of hydrogen-bond donors (Lipinski definition) is 1. The summed E-state index contributed by atoms with van der Waals surface area (Å²) in [6, 6.07) is 7.62. The fourth-order valence-corrected chi connectivity index (χ4v) is 5.93. The highest BCUT2D eigenvalue weighted by atomic mass is 32.2. The van der Waals surface area contributed by atoms with E-state index in [0.717, 1.165) is 15.8 Å². The van der Waals surface area contributed by atoms with Gasteiger partial charge in [-0.05, 0) is 36.8 Å². The van der Waals surface area contributed by atoms with E-state index in [1.54, 1.807) is 49.1 Å². The molecule has 0 bridgehead atoms. The van der Waals surface area contributed by atoms with E-state index in [-0.39, 0.29) is 17.2 Å². The van der Waals surface area contributed by atoms with E-state index >= 15 is 0 Å². The lowest BCUT2D eigenvalue weighted by molar-refractivity contribution is -0.116. The number of methoxy groups -OCH3 is 2. The number of aromatic nitrogens is 2. The minimum Gasteiger partial charge on any atom is -0.497 e. The molecule has 32 heavy (non-hydrogen) atoms. The lowest BCUT2D eigenvalue weighted by atomic mass is 9.75. The second-order valence-corrected chi connectivity index (χ2v) is 9.67. The Morgan fingerprint density at radius 2 is 2.12 bits per heavy atom. The van der Waals surface area contributed by atoms with Crippen molar-refractivity contribution in [3.05, 3.63) is 46.4 Å². The molecule has 2 aromatic rings. The van der Waals surface area contributed by atoms with Gasteiger partial charge in [0.25, 0.3) is 0 Å². The van der Waals surface area contributed by atoms with Crippen molar-refractivity contribution in [2.45, 2.75) is 36.4 Å². The van der Waals surface area contributed by atoms with Crippen LogP contribution in [0.2, 0.25) is 0 Å². The number of hydrogen-bond acceptors (Lipinski definition) is 10. The molecule has 8 nitrogen and oxygen atoms in total. The van der Waals surface area contributed by atoms with Crippen molar-refractivity contribution in [1.29, 1.82) is 5.26 Å². The standard InChI is InChI=1S/C22H23N5O3S2/c1-4-31-22-26-25-21(32-22)27-15-6-5-7-16(28)19(15)18(14(11-23)20(27)24)13-10-12(29-2)8-9-17(13)30-3/h8-10,18H,4-7,24H2,1-3H3. The number of allylic oxidation sites excluding steroid dienone is 3. The Hall–Kier alpha value is -3.03. The van der Waals surface area contributed by atoms with Crippen LogP contribution in [-0.4, -0.2) is 36.0 Å². The molecule has 10 heteroatoms. The van der Waals surface area contributed by atoms with Gasteiger partial charge in [0.1, 0.15) is 17.3 Å². The lowest BCUT2D eigenvalue weighted by Gasteiger charge is -2.38. The second-order valence-electron chi connectivity index (χ2n) is 7.21. The minimum atomic E-state index is -0.637. The molecular formula is C22H23N5O3S2. The van der Waals surface area contributed by atoms with Crippen molar-refractivity contribution in [1.82, 2.24) is 10.2 Å². The first-order valence-electron chi connectivity index (χ1n) is 10.2. The van der Waals surface area contributed by atoms with Gasteiger partial charge in [-0.25, -0.2) is 0 Å². The molecule has 0 saturated heterocycles. The quantitative estimate of drug-likeness (QED) is 0.627. The van der Waals surface area contributed by atoms with Crippen molar-refractivity contribution in [3.63, 3.8) is 0 Å². The summed E-state index contributed by atoms with van der Waals surface area (Å²) in [7, 11) is 3.13. The third-order valence-corrected chi connectivity index (χ3v) is 7.44. The maximum atomic E-state index is 13.3. The molecular weight excluding hydrogens is 446 g/mol. The number of thioether (sulfide) groups is 1. The van der Waals surface area contributed by atoms with E-state index in [1.807, 2.05) is 6.92 Å². The zero-order chi connectivity index (χ0) is 22.8. The molecule has 0 fully saturated rings. The van der Waals surface area contributed by atoms with Crippen LogP contribution in [0.3, 0.4) is 0 Å². The molecule has 0 amide bonds. The van der Waals surface area contributed by atoms with E-state index in [0.29, 0.717) is 47.0 Å². The number of nitriles is 1. The van der Waals surface area contributed by atoms with Crippen LogP contribution in [0.15, 0.2) is 45.2 Å². The van der Waals surface area contributed by atoms with E-state index in [1.165, 1.54) is 11.3 Å². The molecule has 0 radical (unpaired) electrons. The molecule has 1 atom stereocenters. The van der Waals surface area contributed by atoms with Gasteiger partial charge in [-0.1, -0.05) is 30.0 Å². The minimum absolute atomic E-state index is 0.000884. The SMILES string of the molecule is CCSc1nnc(N2C(N)=C(C#N)C(c3cc(OC)ccc3OC)C3=C2CCCC3=O)s1. The third kappa shape index (κ3) is 3.72. The average molecular weight is 470 g/mol. The molecule has 1 aliphatic heterocycles. The third-order valence-electron chi connectivity index (χ3n) is 5.52. The van der Waals surface area contributed by atoms with Crippen LogP contribution >= 0.6 is 23.1 Å². The largest absolute Gasteiger partial charge is 0.497 e. The lowest BCUT2D eigenvalue weighted by Crippen LogP contribution is -2.38. The molecule has 166 valence electrons. The normalized spacial score (nSPS) is 18.5. The second kappa shape index (κ2) is 9.22. The smallest absolute Gasteiger partial charge is 0.219 e. The summed E-state index contributed by atoms with van der Waals surface area (Å²) in [5.41, 5.74) is 8.88. The topological polar surface area (TPSA) is 114 Å². The molecule has 0 saturated carbocycles. The van der Waals surface area contributed by atoms with Gasteiger partial charge in [0.2, 0.25) is 5.13 Å². The highest BCUT2D eigenvalue weighted by Gasteiger charge is 2.42. The number of Topliss-reactive ketones (excluding diaryl/α,β-unsaturated/α-hetero) is 1. The Morgan fingerprint density at radius 1 is 1.31 bits per heavy atom. The van der Waals surface area contributed by atoms with Gasteiger partial charge in [0, 0.05) is 23.3 Å². The number of anilines is 1. The Labute approximate surface area is 194 Å². The average Bonchev–Trinajstić information content (AvgIpc) is 3.26. The Morgan fingerprint density at radius 3 is 2.81 bits per heavy atom. The first-order chi connectivity index (χ1) is 15.5. The fraction of sp³-hybridized carbons (Fsp3) is 0.364. The number of ketones is 1. The monoisotopic (exact) mass is 469 g/mol. The summed E-state index contributed by atoms with van der Waals surface area (Å²) >= 11 is 2.99. The van der Waals surface area contributed by atoms with Gasteiger partial charge in [-0.15, -0.1) is 10.2 Å². The van der Waals surface area contributed by atoms with Crippen molar-refractivity contribution in [2.24, 2.45) is 5.73 Å². The first kappa shape index (κ1) is 22.2. The first-order valence-corrected chi connectivity index (χ1v) is 12.0. The maximum absolute atomic E-state index is 13.3.